The second-order valence-corrected chi connectivity index (χ2v) is 5.97. The van der Waals surface area contributed by atoms with Crippen LogP contribution in [0.3, 0.4) is 0 Å². The highest BCUT2D eigenvalue weighted by atomic mass is 19.1. The van der Waals surface area contributed by atoms with Crippen molar-refractivity contribution in [2.45, 2.75) is 13.0 Å². The zero-order chi connectivity index (χ0) is 20.4. The lowest BCUT2D eigenvalue weighted by Gasteiger charge is -2.29. The SMILES string of the molecule is CC1=C(C(=O)Nc2cccc([N+](=O)[O-])c2)C(c2c(F)cccc2F)NC(=O)N1. The van der Waals surface area contributed by atoms with Crippen molar-refractivity contribution in [3.63, 3.8) is 0 Å². The molecule has 1 heterocycles. The van der Waals surface area contributed by atoms with E-state index < -0.39 is 40.1 Å². The number of nitrogens with zero attached hydrogens (tertiary/aromatic N) is 1. The molecule has 0 saturated carbocycles. The molecule has 1 aliphatic rings. The highest BCUT2D eigenvalue weighted by Gasteiger charge is 2.34. The average Bonchev–Trinajstić information content (AvgIpc) is 2.61. The van der Waals surface area contributed by atoms with Crippen molar-refractivity contribution in [1.29, 1.82) is 0 Å². The number of nitro benzene ring substituents is 1. The summed E-state index contributed by atoms with van der Waals surface area (Å²) in [6.07, 6.45) is 0. The smallest absolute Gasteiger partial charge is 0.319 e. The van der Waals surface area contributed by atoms with Crippen LogP contribution in [0.25, 0.3) is 0 Å². The molecular weight excluding hydrogens is 374 g/mol. The number of carbonyl (C=O) groups excluding carboxylic acids is 2. The van der Waals surface area contributed by atoms with Crippen molar-refractivity contribution in [3.05, 3.63) is 81.0 Å². The number of halogens is 2. The van der Waals surface area contributed by atoms with Crippen LogP contribution in [0.1, 0.15) is 18.5 Å². The Hall–Kier alpha value is -3.82. The molecule has 0 fully saturated rings. The van der Waals surface area contributed by atoms with Crippen LogP contribution in [0.4, 0.5) is 25.0 Å². The van der Waals surface area contributed by atoms with Crippen LogP contribution in [0, 0.1) is 21.7 Å². The first-order valence-electron chi connectivity index (χ1n) is 8.06. The van der Waals surface area contributed by atoms with Gasteiger partial charge in [-0.2, -0.15) is 0 Å². The third kappa shape index (κ3) is 3.65. The number of anilines is 1. The minimum Gasteiger partial charge on any atom is -0.326 e. The molecule has 0 radical (unpaired) electrons. The van der Waals surface area contributed by atoms with E-state index in [1.807, 2.05) is 0 Å². The number of hydrogen-bond donors (Lipinski definition) is 3. The van der Waals surface area contributed by atoms with Gasteiger partial charge in [0.2, 0.25) is 0 Å². The summed E-state index contributed by atoms with van der Waals surface area (Å²) in [4.78, 5) is 34.9. The van der Waals surface area contributed by atoms with E-state index in [1.54, 1.807) is 0 Å². The number of nitro groups is 1. The highest BCUT2D eigenvalue weighted by Crippen LogP contribution is 2.31. The molecule has 2 aromatic rings. The summed E-state index contributed by atoms with van der Waals surface area (Å²) in [7, 11) is 0. The Labute approximate surface area is 157 Å². The number of hydrogen-bond acceptors (Lipinski definition) is 4. The van der Waals surface area contributed by atoms with E-state index >= 15 is 0 Å². The normalized spacial score (nSPS) is 16.2. The zero-order valence-corrected chi connectivity index (χ0v) is 14.5. The molecule has 0 aliphatic carbocycles. The first kappa shape index (κ1) is 19.0. The predicted octanol–water partition coefficient (Wildman–Crippen LogP) is 3.14. The number of allylic oxidation sites excluding steroid dienone is 1. The third-order valence-electron chi connectivity index (χ3n) is 4.12. The van der Waals surface area contributed by atoms with Gasteiger partial charge in [-0.3, -0.25) is 14.9 Å². The van der Waals surface area contributed by atoms with E-state index in [0.29, 0.717) is 0 Å². The molecule has 2 aromatic carbocycles. The fourth-order valence-electron chi connectivity index (χ4n) is 2.89. The lowest BCUT2D eigenvalue weighted by atomic mass is 9.94. The van der Waals surface area contributed by atoms with Crippen LogP contribution < -0.4 is 16.0 Å². The van der Waals surface area contributed by atoms with E-state index in [4.69, 9.17) is 0 Å². The van der Waals surface area contributed by atoms with Gasteiger partial charge in [0, 0.05) is 23.5 Å². The Bertz CT molecular complexity index is 1000. The number of rotatable bonds is 4. The fourth-order valence-corrected chi connectivity index (χ4v) is 2.89. The minimum absolute atomic E-state index is 0.0966. The van der Waals surface area contributed by atoms with Gasteiger partial charge in [-0.05, 0) is 25.1 Å². The summed E-state index contributed by atoms with van der Waals surface area (Å²) in [5.74, 6) is -2.64. The maximum atomic E-state index is 14.3. The Morgan fingerprint density at radius 1 is 1.18 bits per heavy atom. The topological polar surface area (TPSA) is 113 Å². The summed E-state index contributed by atoms with van der Waals surface area (Å²) in [6.45, 7) is 1.41. The molecule has 10 heteroatoms. The molecule has 3 N–H and O–H groups in total. The Kier molecular flexibility index (Phi) is 5.03. The van der Waals surface area contributed by atoms with Crippen molar-refractivity contribution in [3.8, 4) is 0 Å². The zero-order valence-electron chi connectivity index (χ0n) is 14.5. The highest BCUT2D eigenvalue weighted by molar-refractivity contribution is 6.06. The molecule has 0 aromatic heterocycles. The first-order chi connectivity index (χ1) is 13.3. The Balaban J connectivity index is 2.00. The number of amides is 3. The molecule has 28 heavy (non-hydrogen) atoms. The van der Waals surface area contributed by atoms with Crippen LogP contribution in [-0.4, -0.2) is 16.9 Å². The Morgan fingerprint density at radius 2 is 1.82 bits per heavy atom. The lowest BCUT2D eigenvalue weighted by molar-refractivity contribution is -0.384. The van der Waals surface area contributed by atoms with Gasteiger partial charge >= 0.3 is 6.03 Å². The van der Waals surface area contributed by atoms with Gasteiger partial charge in [0.15, 0.2) is 0 Å². The molecular formula is C18H14F2N4O4. The van der Waals surface area contributed by atoms with Gasteiger partial charge in [0.05, 0.1) is 22.1 Å². The summed E-state index contributed by atoms with van der Waals surface area (Å²) >= 11 is 0. The van der Waals surface area contributed by atoms with E-state index in [9.17, 15) is 28.5 Å². The van der Waals surface area contributed by atoms with E-state index in [1.165, 1.54) is 25.1 Å². The van der Waals surface area contributed by atoms with Gasteiger partial charge in [0.1, 0.15) is 11.6 Å². The monoisotopic (exact) mass is 388 g/mol. The second-order valence-electron chi connectivity index (χ2n) is 5.97. The molecule has 0 spiro atoms. The van der Waals surface area contributed by atoms with Gasteiger partial charge in [-0.1, -0.05) is 12.1 Å². The predicted molar refractivity (Wildman–Crippen MR) is 95.2 cm³/mol. The largest absolute Gasteiger partial charge is 0.326 e. The van der Waals surface area contributed by atoms with Gasteiger partial charge in [0.25, 0.3) is 11.6 Å². The average molecular weight is 388 g/mol. The number of carbonyl (C=O) groups is 2. The van der Waals surface area contributed by atoms with Crippen LogP contribution in [0.15, 0.2) is 53.7 Å². The number of urea groups is 1. The molecule has 1 aliphatic heterocycles. The standard InChI is InChI=1S/C18H14F2N4O4/c1-9-14(17(25)22-10-4-2-5-11(8-10)24(27)28)16(23-18(26)21-9)15-12(19)6-3-7-13(15)20/h2-8,16H,1H3,(H,22,25)(H2,21,23,26). The van der Waals surface area contributed by atoms with Crippen LogP contribution in [0.2, 0.25) is 0 Å². The third-order valence-corrected chi connectivity index (χ3v) is 4.12. The van der Waals surface area contributed by atoms with Crippen LogP contribution in [-0.2, 0) is 4.79 Å². The van der Waals surface area contributed by atoms with Crippen LogP contribution >= 0.6 is 0 Å². The van der Waals surface area contributed by atoms with Crippen molar-refractivity contribution < 1.29 is 23.3 Å². The fraction of sp³-hybridized carbons (Fsp3) is 0.111. The van der Waals surface area contributed by atoms with E-state index in [2.05, 4.69) is 16.0 Å². The molecule has 144 valence electrons. The molecule has 1 atom stereocenters. The summed E-state index contributed by atoms with van der Waals surface area (Å²) < 4.78 is 28.5. The molecule has 1 unspecified atom stereocenters. The van der Waals surface area contributed by atoms with Gasteiger partial charge in [-0.15, -0.1) is 0 Å². The van der Waals surface area contributed by atoms with E-state index in [-0.39, 0.29) is 22.6 Å². The van der Waals surface area contributed by atoms with Gasteiger partial charge in [-0.25, -0.2) is 13.6 Å². The van der Waals surface area contributed by atoms with Crippen molar-refractivity contribution in [2.24, 2.45) is 0 Å². The molecule has 3 rings (SSSR count). The molecule has 8 nitrogen and oxygen atoms in total. The van der Waals surface area contributed by atoms with Crippen molar-refractivity contribution in [1.82, 2.24) is 10.6 Å². The first-order valence-corrected chi connectivity index (χ1v) is 8.06. The number of non-ortho nitro benzene ring substituents is 1. The molecule has 3 amide bonds. The molecule has 0 bridgehead atoms. The second kappa shape index (κ2) is 7.43. The van der Waals surface area contributed by atoms with Gasteiger partial charge < -0.3 is 16.0 Å². The summed E-state index contributed by atoms with van der Waals surface area (Å²) in [5, 5.41) is 18.1. The minimum atomic E-state index is -1.38. The quantitative estimate of drug-likeness (QED) is 0.551. The Morgan fingerprint density at radius 3 is 2.46 bits per heavy atom. The maximum Gasteiger partial charge on any atom is 0.319 e. The number of nitrogens with one attached hydrogen (secondary N) is 3. The summed E-state index contributed by atoms with van der Waals surface area (Å²) in [5.41, 5.74) is -0.644. The maximum absolute atomic E-state index is 14.3. The summed E-state index contributed by atoms with van der Waals surface area (Å²) in [6, 6.07) is 6.28. The van der Waals surface area contributed by atoms with Crippen LogP contribution in [0.5, 0.6) is 0 Å². The van der Waals surface area contributed by atoms with E-state index in [0.717, 1.165) is 24.3 Å². The number of benzene rings is 2. The van der Waals surface area contributed by atoms with Crippen molar-refractivity contribution in [2.75, 3.05) is 5.32 Å². The van der Waals surface area contributed by atoms with Crippen molar-refractivity contribution >= 4 is 23.3 Å². The molecule has 0 saturated heterocycles. The lowest BCUT2D eigenvalue weighted by Crippen LogP contribution is -2.46.